The number of hydrogen-bond donors (Lipinski definition) is 1. The van der Waals surface area contributed by atoms with Crippen molar-refractivity contribution in [1.29, 1.82) is 0 Å². The molecule has 14 heavy (non-hydrogen) atoms. The van der Waals surface area contributed by atoms with Gasteiger partial charge in [0.05, 0.1) is 5.69 Å². The van der Waals surface area contributed by atoms with Gasteiger partial charge in [0.2, 0.25) is 0 Å². The van der Waals surface area contributed by atoms with Gasteiger partial charge in [-0.25, -0.2) is 4.98 Å². The minimum atomic E-state index is -4.45. The van der Waals surface area contributed by atoms with Crippen LogP contribution in [0.3, 0.4) is 0 Å². The predicted octanol–water partition coefficient (Wildman–Crippen LogP) is 2.83. The summed E-state index contributed by atoms with van der Waals surface area (Å²) in [4.78, 5) is 3.61. The topological polar surface area (TPSA) is 38.9 Å². The molecule has 1 aromatic rings. The Labute approximate surface area is 93.2 Å². The molecule has 2 N–H and O–H groups in total. The summed E-state index contributed by atoms with van der Waals surface area (Å²) in [5, 5.41) is 0. The van der Waals surface area contributed by atoms with E-state index in [0.29, 0.717) is 4.60 Å². The van der Waals surface area contributed by atoms with Crippen molar-refractivity contribution in [2.24, 2.45) is 5.73 Å². The summed E-state index contributed by atoms with van der Waals surface area (Å²) in [7, 11) is 0. The molecule has 80 valence electrons. The van der Waals surface area contributed by atoms with Crippen LogP contribution in [0.2, 0.25) is 0 Å². The van der Waals surface area contributed by atoms with Crippen LogP contribution in [0.5, 0.6) is 0 Å². The molecule has 1 atom stereocenters. The maximum absolute atomic E-state index is 12.1. The lowest BCUT2D eigenvalue weighted by Gasteiger charge is -2.14. The van der Waals surface area contributed by atoms with Crippen molar-refractivity contribution in [2.45, 2.75) is 12.2 Å². The molecule has 0 spiro atoms. The molecule has 1 aromatic heterocycles. The molecule has 0 fully saturated rings. The predicted molar refractivity (Wildman–Crippen MR) is 52.2 cm³/mol. The van der Waals surface area contributed by atoms with Crippen molar-refractivity contribution in [3.8, 4) is 0 Å². The molecule has 0 radical (unpaired) electrons. The molecular formula is C7H7BrClF3N2. The standard InChI is InChI=1S/C7H6BrF3N2.ClH/c8-5-3-1-2-4(13-5)6(12)7(9,10)11;/h1-3,6H,12H2;1H. The van der Waals surface area contributed by atoms with E-state index in [2.05, 4.69) is 20.9 Å². The van der Waals surface area contributed by atoms with Crippen LogP contribution < -0.4 is 5.73 Å². The van der Waals surface area contributed by atoms with Crippen molar-refractivity contribution in [3.05, 3.63) is 28.5 Å². The molecule has 0 bridgehead atoms. The highest BCUT2D eigenvalue weighted by molar-refractivity contribution is 9.10. The van der Waals surface area contributed by atoms with E-state index in [1.54, 1.807) is 0 Å². The number of pyridine rings is 1. The Balaban J connectivity index is 0.00000169. The first kappa shape index (κ1) is 13.7. The van der Waals surface area contributed by atoms with Crippen molar-refractivity contribution >= 4 is 28.3 Å². The molecule has 0 amide bonds. The van der Waals surface area contributed by atoms with E-state index in [1.165, 1.54) is 18.2 Å². The largest absolute Gasteiger partial charge is 0.409 e. The second kappa shape index (κ2) is 4.95. The van der Waals surface area contributed by atoms with Gasteiger partial charge in [-0.15, -0.1) is 12.4 Å². The first-order valence-corrected chi connectivity index (χ1v) is 4.15. The van der Waals surface area contributed by atoms with Crippen LogP contribution >= 0.6 is 28.3 Å². The van der Waals surface area contributed by atoms with E-state index in [4.69, 9.17) is 5.73 Å². The summed E-state index contributed by atoms with van der Waals surface area (Å²) in [6.45, 7) is 0. The third kappa shape index (κ3) is 3.43. The molecule has 2 nitrogen and oxygen atoms in total. The average Bonchev–Trinajstić information content (AvgIpc) is 2.01. The Morgan fingerprint density at radius 2 is 1.93 bits per heavy atom. The van der Waals surface area contributed by atoms with E-state index in [0.717, 1.165) is 0 Å². The SMILES string of the molecule is Cl.NC(c1cccc(Br)n1)C(F)(F)F. The second-order valence-electron chi connectivity index (χ2n) is 2.40. The fourth-order valence-electron chi connectivity index (χ4n) is 0.765. The van der Waals surface area contributed by atoms with Crippen LogP contribution in [-0.2, 0) is 0 Å². The molecule has 0 aromatic carbocycles. The van der Waals surface area contributed by atoms with E-state index < -0.39 is 12.2 Å². The number of rotatable bonds is 1. The molecule has 1 rings (SSSR count). The minimum Gasteiger partial charge on any atom is -0.315 e. The van der Waals surface area contributed by atoms with Gasteiger partial charge in [-0.1, -0.05) is 6.07 Å². The highest BCUT2D eigenvalue weighted by Crippen LogP contribution is 2.29. The number of halogens is 5. The van der Waals surface area contributed by atoms with Gasteiger partial charge in [-0.3, -0.25) is 0 Å². The molecule has 0 aliphatic rings. The van der Waals surface area contributed by atoms with Crippen LogP contribution in [0.25, 0.3) is 0 Å². The molecule has 0 aliphatic heterocycles. The lowest BCUT2D eigenvalue weighted by molar-refractivity contribution is -0.150. The van der Waals surface area contributed by atoms with Crippen LogP contribution in [0.15, 0.2) is 22.8 Å². The Morgan fingerprint density at radius 1 is 1.36 bits per heavy atom. The summed E-state index contributed by atoms with van der Waals surface area (Å²) in [6, 6.07) is 2.21. The molecular weight excluding hydrogens is 284 g/mol. The lowest BCUT2D eigenvalue weighted by Crippen LogP contribution is -2.29. The van der Waals surface area contributed by atoms with Gasteiger partial charge in [0.15, 0.2) is 0 Å². The number of hydrogen-bond acceptors (Lipinski definition) is 2. The monoisotopic (exact) mass is 290 g/mol. The van der Waals surface area contributed by atoms with E-state index in [-0.39, 0.29) is 18.1 Å². The minimum absolute atomic E-state index is 0. The van der Waals surface area contributed by atoms with Gasteiger partial charge in [0.1, 0.15) is 10.6 Å². The van der Waals surface area contributed by atoms with Crippen LogP contribution in [-0.4, -0.2) is 11.2 Å². The molecule has 1 heterocycles. The highest BCUT2D eigenvalue weighted by Gasteiger charge is 2.38. The third-order valence-electron chi connectivity index (χ3n) is 1.41. The molecule has 1 unspecified atom stereocenters. The fourth-order valence-corrected chi connectivity index (χ4v) is 1.12. The summed E-state index contributed by atoms with van der Waals surface area (Å²) >= 11 is 2.96. The zero-order valence-electron chi connectivity index (χ0n) is 6.75. The van der Waals surface area contributed by atoms with Gasteiger partial charge >= 0.3 is 6.18 Å². The fraction of sp³-hybridized carbons (Fsp3) is 0.286. The zero-order chi connectivity index (χ0) is 10.1. The Morgan fingerprint density at radius 3 is 2.36 bits per heavy atom. The second-order valence-corrected chi connectivity index (χ2v) is 3.22. The van der Waals surface area contributed by atoms with E-state index >= 15 is 0 Å². The summed E-state index contributed by atoms with van der Waals surface area (Å²) in [6.07, 6.45) is -4.45. The number of aromatic nitrogens is 1. The molecule has 0 aliphatic carbocycles. The van der Waals surface area contributed by atoms with Gasteiger partial charge in [-0.2, -0.15) is 13.2 Å². The lowest BCUT2D eigenvalue weighted by atomic mass is 10.2. The maximum Gasteiger partial charge on any atom is 0.409 e. The Bertz CT molecular complexity index is 305. The Hall–Kier alpha value is -0.330. The third-order valence-corrected chi connectivity index (χ3v) is 1.85. The summed E-state index contributed by atoms with van der Waals surface area (Å²) in [5.41, 5.74) is 4.74. The molecule has 0 saturated heterocycles. The number of nitrogens with zero attached hydrogens (tertiary/aromatic N) is 1. The van der Waals surface area contributed by atoms with E-state index in [1.807, 2.05) is 0 Å². The first-order valence-electron chi connectivity index (χ1n) is 3.36. The van der Waals surface area contributed by atoms with Crippen molar-refractivity contribution in [2.75, 3.05) is 0 Å². The summed E-state index contributed by atoms with van der Waals surface area (Å²) < 4.78 is 36.6. The van der Waals surface area contributed by atoms with Crippen molar-refractivity contribution < 1.29 is 13.2 Å². The van der Waals surface area contributed by atoms with Gasteiger partial charge < -0.3 is 5.73 Å². The molecule has 7 heteroatoms. The van der Waals surface area contributed by atoms with Crippen LogP contribution in [0.1, 0.15) is 11.7 Å². The summed E-state index contributed by atoms with van der Waals surface area (Å²) in [5.74, 6) is 0. The van der Waals surface area contributed by atoms with Crippen molar-refractivity contribution in [3.63, 3.8) is 0 Å². The number of nitrogens with two attached hydrogens (primary N) is 1. The van der Waals surface area contributed by atoms with Gasteiger partial charge in [0, 0.05) is 0 Å². The van der Waals surface area contributed by atoms with Crippen molar-refractivity contribution in [1.82, 2.24) is 4.98 Å². The quantitative estimate of drug-likeness (QED) is 0.808. The smallest absolute Gasteiger partial charge is 0.315 e. The number of alkyl halides is 3. The zero-order valence-corrected chi connectivity index (χ0v) is 9.16. The first-order chi connectivity index (χ1) is 5.91. The van der Waals surface area contributed by atoms with Crippen LogP contribution in [0, 0.1) is 0 Å². The van der Waals surface area contributed by atoms with Crippen LogP contribution in [0.4, 0.5) is 13.2 Å². The Kier molecular flexibility index (Phi) is 4.83. The highest BCUT2D eigenvalue weighted by atomic mass is 79.9. The molecule has 0 saturated carbocycles. The normalized spacial score (nSPS) is 13.2. The van der Waals surface area contributed by atoms with Gasteiger partial charge in [0.25, 0.3) is 0 Å². The maximum atomic E-state index is 12.1. The van der Waals surface area contributed by atoms with Gasteiger partial charge in [-0.05, 0) is 28.1 Å². The average molecular weight is 291 g/mol. The van der Waals surface area contributed by atoms with E-state index in [9.17, 15) is 13.2 Å².